The van der Waals surface area contributed by atoms with E-state index in [-0.39, 0.29) is 6.04 Å². The lowest BCUT2D eigenvalue weighted by molar-refractivity contribution is 0.0583. The number of para-hydroxylation sites is 1. The molecule has 0 spiro atoms. The van der Waals surface area contributed by atoms with Gasteiger partial charge in [0.05, 0.1) is 6.04 Å². The average Bonchev–Trinajstić information content (AvgIpc) is 2.53. The van der Waals surface area contributed by atoms with Crippen molar-refractivity contribution in [3.05, 3.63) is 65.7 Å². The van der Waals surface area contributed by atoms with Crippen LogP contribution >= 0.6 is 0 Å². The summed E-state index contributed by atoms with van der Waals surface area (Å²) in [6, 6.07) is 18.9. The SMILES string of the molecule is OC1c2ccccc2OCC1NC1CC(c2ccccc2)C1. The van der Waals surface area contributed by atoms with Crippen LogP contribution in [0.15, 0.2) is 54.6 Å². The third-order valence-electron chi connectivity index (χ3n) is 4.90. The molecule has 2 N–H and O–H groups in total. The molecule has 0 radical (unpaired) electrons. The van der Waals surface area contributed by atoms with Crippen molar-refractivity contribution >= 4 is 0 Å². The fourth-order valence-corrected chi connectivity index (χ4v) is 3.54. The van der Waals surface area contributed by atoms with Crippen LogP contribution in [0.4, 0.5) is 0 Å². The van der Waals surface area contributed by atoms with E-state index >= 15 is 0 Å². The third-order valence-corrected chi connectivity index (χ3v) is 4.90. The topological polar surface area (TPSA) is 41.5 Å². The summed E-state index contributed by atoms with van der Waals surface area (Å²) in [6.07, 6.45) is 1.78. The quantitative estimate of drug-likeness (QED) is 0.914. The fourth-order valence-electron chi connectivity index (χ4n) is 3.54. The van der Waals surface area contributed by atoms with Crippen molar-refractivity contribution in [3.8, 4) is 5.75 Å². The van der Waals surface area contributed by atoms with Crippen LogP contribution in [0.5, 0.6) is 5.75 Å². The molecule has 22 heavy (non-hydrogen) atoms. The summed E-state index contributed by atoms with van der Waals surface area (Å²) in [7, 11) is 0. The molecule has 1 aliphatic heterocycles. The predicted octanol–water partition coefficient (Wildman–Crippen LogP) is 3.02. The standard InChI is InChI=1S/C19H21NO2/c21-19-16-8-4-5-9-18(16)22-12-17(19)20-15-10-14(11-15)13-6-2-1-3-7-13/h1-9,14-15,17,19-21H,10-12H2. The van der Waals surface area contributed by atoms with Gasteiger partial charge in [0, 0.05) is 11.6 Å². The molecule has 4 rings (SSSR count). The largest absolute Gasteiger partial charge is 0.491 e. The van der Waals surface area contributed by atoms with E-state index in [0.717, 1.165) is 24.2 Å². The minimum absolute atomic E-state index is 0.0170. The van der Waals surface area contributed by atoms with Crippen molar-refractivity contribution in [1.29, 1.82) is 0 Å². The Hall–Kier alpha value is -1.84. The van der Waals surface area contributed by atoms with Gasteiger partial charge in [-0.15, -0.1) is 0 Å². The van der Waals surface area contributed by atoms with E-state index in [4.69, 9.17) is 4.74 Å². The molecule has 2 aromatic carbocycles. The summed E-state index contributed by atoms with van der Waals surface area (Å²) < 4.78 is 5.76. The number of hydrogen-bond acceptors (Lipinski definition) is 3. The lowest BCUT2D eigenvalue weighted by atomic mass is 9.75. The van der Waals surface area contributed by atoms with E-state index in [9.17, 15) is 5.11 Å². The summed E-state index contributed by atoms with van der Waals surface area (Å²) in [5.74, 6) is 1.46. The number of fused-ring (bicyclic) bond motifs is 1. The van der Waals surface area contributed by atoms with Gasteiger partial charge in [-0.3, -0.25) is 0 Å². The molecule has 3 nitrogen and oxygen atoms in total. The first-order valence-corrected chi connectivity index (χ1v) is 8.02. The first-order chi connectivity index (χ1) is 10.8. The monoisotopic (exact) mass is 295 g/mol. The number of aliphatic hydroxyl groups is 1. The maximum absolute atomic E-state index is 10.5. The maximum atomic E-state index is 10.5. The van der Waals surface area contributed by atoms with Crippen LogP contribution in [0.1, 0.15) is 36.0 Å². The summed E-state index contributed by atoms with van der Waals surface area (Å²) in [5.41, 5.74) is 2.32. The van der Waals surface area contributed by atoms with Gasteiger partial charge in [0.25, 0.3) is 0 Å². The van der Waals surface area contributed by atoms with Crippen molar-refractivity contribution in [2.24, 2.45) is 0 Å². The molecule has 0 bridgehead atoms. The summed E-state index contributed by atoms with van der Waals surface area (Å²) in [6.45, 7) is 0.532. The second-order valence-electron chi connectivity index (χ2n) is 6.34. The first kappa shape index (κ1) is 13.8. The Labute approximate surface area is 130 Å². The zero-order chi connectivity index (χ0) is 14.9. The molecule has 1 saturated carbocycles. The molecular formula is C19H21NO2. The van der Waals surface area contributed by atoms with Crippen molar-refractivity contribution in [2.45, 2.75) is 36.9 Å². The van der Waals surface area contributed by atoms with Gasteiger partial charge < -0.3 is 15.2 Å². The van der Waals surface area contributed by atoms with Crippen LogP contribution in [0.3, 0.4) is 0 Å². The highest BCUT2D eigenvalue weighted by Gasteiger charge is 2.36. The molecule has 1 fully saturated rings. The van der Waals surface area contributed by atoms with Crippen LogP contribution in [-0.4, -0.2) is 23.8 Å². The second-order valence-corrected chi connectivity index (χ2v) is 6.34. The van der Waals surface area contributed by atoms with Crippen LogP contribution in [-0.2, 0) is 0 Å². The van der Waals surface area contributed by atoms with Crippen LogP contribution in [0.2, 0.25) is 0 Å². The molecular weight excluding hydrogens is 274 g/mol. The Morgan fingerprint density at radius 2 is 1.68 bits per heavy atom. The van der Waals surface area contributed by atoms with Crippen molar-refractivity contribution < 1.29 is 9.84 Å². The molecule has 114 valence electrons. The molecule has 1 heterocycles. The zero-order valence-electron chi connectivity index (χ0n) is 12.5. The molecule has 3 heteroatoms. The smallest absolute Gasteiger partial charge is 0.125 e. The van der Waals surface area contributed by atoms with Gasteiger partial charge in [0.2, 0.25) is 0 Å². The normalized spacial score (nSPS) is 30.0. The molecule has 0 aromatic heterocycles. The Morgan fingerprint density at radius 1 is 0.955 bits per heavy atom. The van der Waals surface area contributed by atoms with Crippen molar-refractivity contribution in [1.82, 2.24) is 5.32 Å². The first-order valence-electron chi connectivity index (χ1n) is 8.02. The molecule has 0 amide bonds. The summed E-state index contributed by atoms with van der Waals surface area (Å²) in [5, 5.41) is 14.1. The molecule has 0 saturated heterocycles. The highest BCUT2D eigenvalue weighted by molar-refractivity contribution is 5.37. The highest BCUT2D eigenvalue weighted by Crippen LogP contribution is 2.38. The van der Waals surface area contributed by atoms with E-state index in [1.54, 1.807) is 0 Å². The van der Waals surface area contributed by atoms with E-state index < -0.39 is 6.10 Å². The molecule has 2 aromatic rings. The number of nitrogens with one attached hydrogen (secondary N) is 1. The van der Waals surface area contributed by atoms with Crippen molar-refractivity contribution in [3.63, 3.8) is 0 Å². The van der Waals surface area contributed by atoms with E-state index in [1.807, 2.05) is 24.3 Å². The fraction of sp³-hybridized carbons (Fsp3) is 0.368. The summed E-state index contributed by atoms with van der Waals surface area (Å²) >= 11 is 0. The number of aliphatic hydroxyl groups excluding tert-OH is 1. The summed E-state index contributed by atoms with van der Waals surface area (Å²) in [4.78, 5) is 0. The number of hydrogen-bond donors (Lipinski definition) is 2. The Balaban J connectivity index is 1.36. The van der Waals surface area contributed by atoms with E-state index in [0.29, 0.717) is 18.6 Å². The van der Waals surface area contributed by atoms with Gasteiger partial charge in [0.15, 0.2) is 0 Å². The minimum Gasteiger partial charge on any atom is -0.491 e. The Morgan fingerprint density at radius 3 is 2.50 bits per heavy atom. The Bertz CT molecular complexity index is 637. The molecule has 2 atom stereocenters. The van der Waals surface area contributed by atoms with Crippen LogP contribution in [0.25, 0.3) is 0 Å². The molecule has 2 aliphatic rings. The third kappa shape index (κ3) is 2.51. The molecule has 2 unspecified atom stereocenters. The Kier molecular flexibility index (Phi) is 3.60. The van der Waals surface area contributed by atoms with Crippen molar-refractivity contribution in [2.75, 3.05) is 6.61 Å². The van der Waals surface area contributed by atoms with E-state index in [2.05, 4.69) is 35.6 Å². The predicted molar refractivity (Wildman–Crippen MR) is 86.0 cm³/mol. The molecule has 1 aliphatic carbocycles. The number of rotatable bonds is 3. The van der Waals surface area contributed by atoms with Crippen LogP contribution < -0.4 is 10.1 Å². The van der Waals surface area contributed by atoms with Gasteiger partial charge in [0.1, 0.15) is 18.5 Å². The van der Waals surface area contributed by atoms with Gasteiger partial charge in [-0.05, 0) is 30.4 Å². The second kappa shape index (κ2) is 5.75. The van der Waals surface area contributed by atoms with Gasteiger partial charge in [-0.1, -0.05) is 48.5 Å². The van der Waals surface area contributed by atoms with E-state index in [1.165, 1.54) is 5.56 Å². The minimum atomic E-state index is -0.485. The average molecular weight is 295 g/mol. The van der Waals surface area contributed by atoms with Gasteiger partial charge in [-0.2, -0.15) is 0 Å². The highest BCUT2D eigenvalue weighted by atomic mass is 16.5. The maximum Gasteiger partial charge on any atom is 0.125 e. The number of benzene rings is 2. The lowest BCUT2D eigenvalue weighted by Crippen LogP contribution is -2.51. The number of ether oxygens (including phenoxy) is 1. The van der Waals surface area contributed by atoms with Gasteiger partial charge >= 0.3 is 0 Å². The lowest BCUT2D eigenvalue weighted by Gasteiger charge is -2.41. The zero-order valence-corrected chi connectivity index (χ0v) is 12.5. The van der Waals surface area contributed by atoms with Gasteiger partial charge in [-0.25, -0.2) is 0 Å². The van der Waals surface area contributed by atoms with Crippen LogP contribution in [0, 0.1) is 0 Å².